The Balaban J connectivity index is 1.09. The number of aromatic hydroxyl groups is 1. The van der Waals surface area contributed by atoms with Gasteiger partial charge in [0.2, 0.25) is 5.82 Å². The Morgan fingerprint density at radius 3 is 2.64 bits per heavy atom. The number of carbonyl (C=O) groups is 1. The summed E-state index contributed by atoms with van der Waals surface area (Å²) in [7, 11) is 0. The average molecular weight is 562 g/mol. The van der Waals surface area contributed by atoms with E-state index >= 15 is 0 Å². The second-order valence-electron chi connectivity index (χ2n) is 9.65. The molecule has 13 heteroatoms. The summed E-state index contributed by atoms with van der Waals surface area (Å²) in [5.41, 5.74) is 8.96. The second kappa shape index (κ2) is 11.4. The number of nitrogen functional groups attached to an aromatic ring is 1. The van der Waals surface area contributed by atoms with Crippen LogP contribution in [0.3, 0.4) is 0 Å². The molecule has 0 saturated carbocycles. The summed E-state index contributed by atoms with van der Waals surface area (Å²) in [4.78, 5) is 30.0. The Morgan fingerprint density at radius 1 is 1.02 bits per heavy atom. The van der Waals surface area contributed by atoms with Gasteiger partial charge in [-0.15, -0.1) is 10.2 Å². The number of piperazine rings is 1. The number of hydrogen-bond donors (Lipinski definition) is 3. The zero-order valence-corrected chi connectivity index (χ0v) is 22.7. The molecule has 1 aromatic carbocycles. The van der Waals surface area contributed by atoms with Gasteiger partial charge in [-0.3, -0.25) is 4.79 Å². The number of hydrogen-bond acceptors (Lipinski definition) is 11. The lowest BCUT2D eigenvalue weighted by atomic mass is 10.1. The molecule has 42 heavy (non-hydrogen) atoms. The third kappa shape index (κ3) is 5.59. The lowest BCUT2D eigenvalue weighted by Gasteiger charge is -2.36. The third-order valence-electron chi connectivity index (χ3n) is 6.78. The van der Waals surface area contributed by atoms with Gasteiger partial charge in [0.15, 0.2) is 17.2 Å². The summed E-state index contributed by atoms with van der Waals surface area (Å²) in [6.45, 7) is 4.54. The summed E-state index contributed by atoms with van der Waals surface area (Å²) in [5.74, 6) is 7.21. The summed E-state index contributed by atoms with van der Waals surface area (Å²) in [6.07, 6.45) is 5.05. The molecule has 1 atom stereocenters. The van der Waals surface area contributed by atoms with E-state index in [9.17, 15) is 9.90 Å². The summed E-state index contributed by atoms with van der Waals surface area (Å²) >= 11 is 0. The van der Waals surface area contributed by atoms with Gasteiger partial charge in [-0.1, -0.05) is 18.1 Å². The largest absolute Gasteiger partial charge is 0.507 e. The minimum Gasteiger partial charge on any atom is -0.507 e. The van der Waals surface area contributed by atoms with Crippen molar-refractivity contribution in [1.29, 1.82) is 0 Å². The van der Waals surface area contributed by atoms with Crippen LogP contribution in [0.2, 0.25) is 0 Å². The predicted octanol–water partition coefficient (Wildman–Crippen LogP) is 1.76. The molecule has 5 heterocycles. The van der Waals surface area contributed by atoms with Crippen LogP contribution >= 0.6 is 0 Å². The smallest absolute Gasteiger partial charge is 0.272 e. The third-order valence-corrected chi connectivity index (χ3v) is 6.78. The molecule has 0 spiro atoms. The molecule has 5 aromatic rings. The molecular weight excluding hydrogens is 534 g/mol. The van der Waals surface area contributed by atoms with Crippen molar-refractivity contribution < 1.29 is 9.90 Å². The number of phenolic OH excluding ortho intramolecular Hbond substituents is 1. The number of fused-ring (bicyclic) bond motifs is 1. The normalized spacial score (nSPS) is 13.8. The first-order valence-corrected chi connectivity index (χ1v) is 13.3. The fourth-order valence-electron chi connectivity index (χ4n) is 4.65. The maximum atomic E-state index is 12.6. The fraction of sp³-hybridized carbons (Fsp3) is 0.207. The number of nitrogens with two attached hydrogens (primary N) is 1. The van der Waals surface area contributed by atoms with Crippen molar-refractivity contribution in [3.05, 3.63) is 78.6 Å². The number of carbonyl (C=O) groups excluding carboxylic acids is 1. The van der Waals surface area contributed by atoms with Crippen molar-refractivity contribution >= 4 is 28.9 Å². The van der Waals surface area contributed by atoms with Gasteiger partial charge in [0, 0.05) is 56.4 Å². The Morgan fingerprint density at radius 2 is 1.83 bits per heavy atom. The van der Waals surface area contributed by atoms with Gasteiger partial charge in [0.1, 0.15) is 11.6 Å². The zero-order chi connectivity index (χ0) is 29.1. The molecule has 13 nitrogen and oxygen atoms in total. The van der Waals surface area contributed by atoms with E-state index in [0.717, 1.165) is 11.5 Å². The molecular formula is C29H27N11O2. The number of nitrogens with one attached hydrogen (secondary N) is 1. The van der Waals surface area contributed by atoms with E-state index in [1.807, 2.05) is 18.2 Å². The highest BCUT2D eigenvalue weighted by Crippen LogP contribution is 2.31. The van der Waals surface area contributed by atoms with Crippen LogP contribution in [0.1, 0.15) is 23.2 Å². The van der Waals surface area contributed by atoms with Crippen LogP contribution in [0.15, 0.2) is 67.1 Å². The monoisotopic (exact) mass is 561 g/mol. The molecule has 1 aliphatic rings. The van der Waals surface area contributed by atoms with Crippen molar-refractivity contribution in [3.8, 4) is 28.8 Å². The lowest BCUT2D eigenvalue weighted by Crippen LogP contribution is -2.47. The fourth-order valence-corrected chi connectivity index (χ4v) is 4.65. The van der Waals surface area contributed by atoms with Gasteiger partial charge in [-0.25, -0.2) is 19.5 Å². The van der Waals surface area contributed by atoms with Gasteiger partial charge in [0.25, 0.3) is 5.91 Å². The van der Waals surface area contributed by atoms with Crippen molar-refractivity contribution in [3.63, 3.8) is 0 Å². The summed E-state index contributed by atoms with van der Waals surface area (Å²) in [5, 5.41) is 25.6. The number of nitrogens with zero attached hydrogens (tertiary/aromatic N) is 9. The first kappa shape index (κ1) is 26.5. The number of phenols is 1. The number of para-hydroxylation sites is 1. The van der Waals surface area contributed by atoms with Crippen LogP contribution in [-0.4, -0.2) is 78.0 Å². The quantitative estimate of drug-likeness (QED) is 0.268. The first-order valence-electron chi connectivity index (χ1n) is 13.3. The lowest BCUT2D eigenvalue weighted by molar-refractivity contribution is 0.0943. The van der Waals surface area contributed by atoms with E-state index in [1.165, 1.54) is 0 Å². The summed E-state index contributed by atoms with van der Waals surface area (Å²) in [6, 6.07) is 13.6. The minimum atomic E-state index is -0.451. The maximum Gasteiger partial charge on any atom is 0.272 e. The molecule has 6 rings (SSSR count). The molecule has 4 aromatic heterocycles. The van der Waals surface area contributed by atoms with E-state index in [-0.39, 0.29) is 17.4 Å². The predicted molar refractivity (Wildman–Crippen MR) is 157 cm³/mol. The van der Waals surface area contributed by atoms with Gasteiger partial charge < -0.3 is 26.0 Å². The molecule has 0 aliphatic carbocycles. The van der Waals surface area contributed by atoms with E-state index in [1.54, 1.807) is 60.4 Å². The molecule has 210 valence electrons. The number of anilines is 3. The van der Waals surface area contributed by atoms with Gasteiger partial charge in [-0.05, 0) is 43.2 Å². The van der Waals surface area contributed by atoms with Gasteiger partial charge in [0.05, 0.1) is 17.4 Å². The number of amides is 1. The Hall–Kier alpha value is -5.77. The van der Waals surface area contributed by atoms with Crippen LogP contribution in [-0.2, 0) is 0 Å². The van der Waals surface area contributed by atoms with Gasteiger partial charge in [-0.2, -0.15) is 5.10 Å². The van der Waals surface area contributed by atoms with Crippen LogP contribution < -0.4 is 20.9 Å². The Bertz CT molecular complexity index is 1790. The molecule has 1 amide bonds. The van der Waals surface area contributed by atoms with Crippen LogP contribution in [0.4, 0.5) is 17.3 Å². The van der Waals surface area contributed by atoms with Crippen LogP contribution in [0.25, 0.3) is 16.9 Å². The van der Waals surface area contributed by atoms with E-state index in [4.69, 9.17) is 5.73 Å². The molecule has 1 aliphatic heterocycles. The SMILES string of the molecule is CC(C#Cc1nccc(N2CCN(c3cc(-c4ccccc4O)nnc3N)CC2)n1)NC(=O)c1cc2ncccn2n1. The highest BCUT2D eigenvalue weighted by atomic mass is 16.3. The van der Waals surface area contributed by atoms with Crippen LogP contribution in [0, 0.1) is 11.8 Å². The number of aromatic nitrogens is 7. The maximum absolute atomic E-state index is 12.6. The minimum absolute atomic E-state index is 0.135. The molecule has 1 fully saturated rings. The first-order chi connectivity index (χ1) is 20.4. The van der Waals surface area contributed by atoms with Crippen molar-refractivity contribution in [2.24, 2.45) is 0 Å². The molecule has 1 unspecified atom stereocenters. The molecule has 4 N–H and O–H groups in total. The zero-order valence-electron chi connectivity index (χ0n) is 22.7. The van der Waals surface area contributed by atoms with Crippen LogP contribution in [0.5, 0.6) is 5.75 Å². The summed E-state index contributed by atoms with van der Waals surface area (Å²) < 4.78 is 1.54. The number of rotatable bonds is 5. The standard InChI is InChI=1S/C29H27N11O2/c1-19(33-29(42)22-18-27-32-10-4-12-40(27)37-22)7-8-25-31-11-9-26(34-25)39-15-13-38(14-16-39)23-17-21(35-36-28(23)30)20-5-2-3-6-24(20)41/h2-6,9-12,17-19,41H,13-16H2,1H3,(H2,30,36)(H,33,42). The Kier molecular flexibility index (Phi) is 7.17. The highest BCUT2D eigenvalue weighted by molar-refractivity contribution is 5.93. The van der Waals surface area contributed by atoms with Gasteiger partial charge >= 0.3 is 0 Å². The van der Waals surface area contributed by atoms with Crippen molar-refractivity contribution in [1.82, 2.24) is 40.1 Å². The number of benzene rings is 1. The van der Waals surface area contributed by atoms with Crippen molar-refractivity contribution in [2.45, 2.75) is 13.0 Å². The van der Waals surface area contributed by atoms with Crippen molar-refractivity contribution in [2.75, 3.05) is 41.7 Å². The van der Waals surface area contributed by atoms with E-state index in [2.05, 4.69) is 57.2 Å². The van der Waals surface area contributed by atoms with E-state index in [0.29, 0.717) is 54.7 Å². The average Bonchev–Trinajstić information content (AvgIpc) is 3.46. The highest BCUT2D eigenvalue weighted by Gasteiger charge is 2.22. The Labute approximate surface area is 241 Å². The second-order valence-corrected chi connectivity index (χ2v) is 9.65. The van der Waals surface area contributed by atoms with E-state index < -0.39 is 6.04 Å². The molecule has 0 bridgehead atoms. The molecule has 0 radical (unpaired) electrons. The molecule has 1 saturated heterocycles. The topological polar surface area (TPSA) is 164 Å².